The van der Waals surface area contributed by atoms with Gasteiger partial charge in [-0.3, -0.25) is 0 Å². The van der Waals surface area contributed by atoms with Crippen LogP contribution in [0.1, 0.15) is 12.5 Å². The average molecular weight is 182 g/mol. The zero-order valence-corrected chi connectivity index (χ0v) is 7.69. The van der Waals surface area contributed by atoms with Crippen LogP contribution in [0.25, 0.3) is 0 Å². The summed E-state index contributed by atoms with van der Waals surface area (Å²) in [5, 5.41) is 9.35. The number of aromatic hydroxyl groups is 1. The summed E-state index contributed by atoms with van der Waals surface area (Å²) in [5.74, 6) is 0.263. The molecular weight excluding hydrogens is 168 g/mol. The van der Waals surface area contributed by atoms with Gasteiger partial charge < -0.3 is 14.6 Å². The number of rotatable bonds is 5. The monoisotopic (exact) mass is 182 g/mol. The first-order valence-corrected chi connectivity index (χ1v) is 4.27. The molecule has 72 valence electrons. The van der Waals surface area contributed by atoms with Crippen molar-refractivity contribution in [2.75, 3.05) is 13.4 Å². The molecule has 0 aliphatic carbocycles. The highest BCUT2D eigenvalue weighted by atomic mass is 16.7. The van der Waals surface area contributed by atoms with Gasteiger partial charge in [-0.15, -0.1) is 0 Å². The number of hydrogen-bond acceptors (Lipinski definition) is 3. The van der Waals surface area contributed by atoms with E-state index in [2.05, 4.69) is 0 Å². The number of para-hydroxylation sites is 1. The van der Waals surface area contributed by atoms with Crippen molar-refractivity contribution in [3.05, 3.63) is 29.8 Å². The largest absolute Gasteiger partial charge is 0.508 e. The maximum atomic E-state index is 9.35. The van der Waals surface area contributed by atoms with Crippen LogP contribution in [-0.4, -0.2) is 18.5 Å². The number of phenols is 1. The van der Waals surface area contributed by atoms with Crippen LogP contribution in [-0.2, 0) is 16.1 Å². The second-order valence-corrected chi connectivity index (χ2v) is 2.59. The Morgan fingerprint density at radius 1 is 1.23 bits per heavy atom. The number of ether oxygens (including phenoxy) is 2. The molecule has 0 fully saturated rings. The third-order valence-corrected chi connectivity index (χ3v) is 1.62. The molecule has 0 heterocycles. The zero-order chi connectivity index (χ0) is 9.52. The van der Waals surface area contributed by atoms with Crippen molar-refractivity contribution >= 4 is 0 Å². The molecule has 0 atom stereocenters. The van der Waals surface area contributed by atoms with E-state index in [1.165, 1.54) is 0 Å². The summed E-state index contributed by atoms with van der Waals surface area (Å²) in [4.78, 5) is 0. The van der Waals surface area contributed by atoms with Gasteiger partial charge in [-0.25, -0.2) is 0 Å². The molecular formula is C10H14O3. The Balaban J connectivity index is 2.32. The predicted octanol–water partition coefficient (Wildman–Crippen LogP) is 1.90. The standard InChI is InChI=1S/C10H14O3/c1-2-12-8-13-7-9-5-3-4-6-10(9)11/h3-6,11H,2,7-8H2,1H3. The highest BCUT2D eigenvalue weighted by Gasteiger charge is 1.98. The predicted molar refractivity (Wildman–Crippen MR) is 49.4 cm³/mol. The second-order valence-electron chi connectivity index (χ2n) is 2.59. The Kier molecular flexibility index (Phi) is 4.29. The fraction of sp³-hybridized carbons (Fsp3) is 0.400. The summed E-state index contributed by atoms with van der Waals surface area (Å²) in [6, 6.07) is 7.10. The minimum Gasteiger partial charge on any atom is -0.508 e. The minimum absolute atomic E-state index is 0.263. The fourth-order valence-corrected chi connectivity index (χ4v) is 0.927. The van der Waals surface area contributed by atoms with Gasteiger partial charge in [0.05, 0.1) is 6.61 Å². The summed E-state index contributed by atoms with van der Waals surface area (Å²) in [5.41, 5.74) is 0.780. The molecule has 0 bridgehead atoms. The van der Waals surface area contributed by atoms with E-state index in [-0.39, 0.29) is 12.5 Å². The maximum absolute atomic E-state index is 9.35. The maximum Gasteiger partial charge on any atom is 0.147 e. The van der Waals surface area contributed by atoms with Crippen LogP contribution in [0.3, 0.4) is 0 Å². The molecule has 3 heteroatoms. The molecule has 0 radical (unpaired) electrons. The Morgan fingerprint density at radius 3 is 2.69 bits per heavy atom. The van der Waals surface area contributed by atoms with Crippen molar-refractivity contribution in [2.24, 2.45) is 0 Å². The van der Waals surface area contributed by atoms with Gasteiger partial charge >= 0.3 is 0 Å². The molecule has 1 N–H and O–H groups in total. The van der Waals surface area contributed by atoms with E-state index in [1.807, 2.05) is 19.1 Å². The first kappa shape index (κ1) is 10.0. The van der Waals surface area contributed by atoms with Gasteiger partial charge in [0, 0.05) is 12.2 Å². The van der Waals surface area contributed by atoms with Crippen LogP contribution in [0.4, 0.5) is 0 Å². The van der Waals surface area contributed by atoms with Crippen LogP contribution in [0.5, 0.6) is 5.75 Å². The smallest absolute Gasteiger partial charge is 0.147 e. The van der Waals surface area contributed by atoms with E-state index in [0.717, 1.165) is 5.56 Å². The third kappa shape index (κ3) is 3.44. The molecule has 0 aliphatic rings. The van der Waals surface area contributed by atoms with Crippen LogP contribution >= 0.6 is 0 Å². The SMILES string of the molecule is CCOCOCc1ccccc1O. The van der Waals surface area contributed by atoms with E-state index in [0.29, 0.717) is 13.2 Å². The van der Waals surface area contributed by atoms with Crippen molar-refractivity contribution in [1.82, 2.24) is 0 Å². The van der Waals surface area contributed by atoms with Crippen molar-refractivity contribution < 1.29 is 14.6 Å². The molecule has 0 aliphatic heterocycles. The topological polar surface area (TPSA) is 38.7 Å². The van der Waals surface area contributed by atoms with Crippen LogP contribution in [0.2, 0.25) is 0 Å². The molecule has 0 aromatic heterocycles. The van der Waals surface area contributed by atoms with Gasteiger partial charge in [0.25, 0.3) is 0 Å². The Bertz CT molecular complexity index is 248. The van der Waals surface area contributed by atoms with Crippen LogP contribution < -0.4 is 0 Å². The fourth-order valence-electron chi connectivity index (χ4n) is 0.927. The first-order valence-electron chi connectivity index (χ1n) is 4.27. The van der Waals surface area contributed by atoms with Gasteiger partial charge in [-0.05, 0) is 13.0 Å². The summed E-state index contributed by atoms with van der Waals surface area (Å²) in [6.45, 7) is 3.20. The van der Waals surface area contributed by atoms with Crippen molar-refractivity contribution in [3.63, 3.8) is 0 Å². The van der Waals surface area contributed by atoms with Gasteiger partial charge in [0.2, 0.25) is 0 Å². The van der Waals surface area contributed by atoms with Crippen molar-refractivity contribution in [1.29, 1.82) is 0 Å². The molecule has 0 unspecified atom stereocenters. The van der Waals surface area contributed by atoms with E-state index < -0.39 is 0 Å². The van der Waals surface area contributed by atoms with Crippen LogP contribution in [0.15, 0.2) is 24.3 Å². The lowest BCUT2D eigenvalue weighted by Gasteiger charge is -2.05. The Labute approximate surface area is 77.9 Å². The van der Waals surface area contributed by atoms with Gasteiger partial charge in [-0.1, -0.05) is 18.2 Å². The molecule has 1 aromatic rings. The quantitative estimate of drug-likeness (QED) is 0.558. The molecule has 0 saturated heterocycles. The van der Waals surface area contributed by atoms with Crippen molar-refractivity contribution in [3.8, 4) is 5.75 Å². The lowest BCUT2D eigenvalue weighted by molar-refractivity contribution is -0.0575. The minimum atomic E-state index is 0.263. The average Bonchev–Trinajstić information content (AvgIpc) is 2.15. The number of benzene rings is 1. The summed E-state index contributed by atoms with van der Waals surface area (Å²) in [6.07, 6.45) is 0. The number of hydrogen-bond donors (Lipinski definition) is 1. The third-order valence-electron chi connectivity index (χ3n) is 1.62. The summed E-state index contributed by atoms with van der Waals surface area (Å²) >= 11 is 0. The highest BCUT2D eigenvalue weighted by Crippen LogP contribution is 2.15. The molecule has 3 nitrogen and oxygen atoms in total. The molecule has 0 spiro atoms. The molecule has 0 amide bonds. The zero-order valence-electron chi connectivity index (χ0n) is 7.69. The van der Waals surface area contributed by atoms with Gasteiger partial charge in [0.1, 0.15) is 12.5 Å². The summed E-state index contributed by atoms with van der Waals surface area (Å²) in [7, 11) is 0. The van der Waals surface area contributed by atoms with E-state index in [4.69, 9.17) is 9.47 Å². The van der Waals surface area contributed by atoms with Gasteiger partial charge in [-0.2, -0.15) is 0 Å². The first-order chi connectivity index (χ1) is 6.34. The summed E-state index contributed by atoms with van der Waals surface area (Å²) < 4.78 is 10.1. The Hall–Kier alpha value is -1.06. The Morgan fingerprint density at radius 2 is 2.00 bits per heavy atom. The van der Waals surface area contributed by atoms with E-state index in [9.17, 15) is 5.11 Å². The van der Waals surface area contributed by atoms with Gasteiger partial charge in [0.15, 0.2) is 0 Å². The molecule has 1 rings (SSSR count). The highest BCUT2D eigenvalue weighted by molar-refractivity contribution is 5.30. The molecule has 13 heavy (non-hydrogen) atoms. The molecule has 0 saturated carbocycles. The lowest BCUT2D eigenvalue weighted by atomic mass is 10.2. The van der Waals surface area contributed by atoms with Crippen LogP contribution in [0, 0.1) is 0 Å². The number of phenolic OH excluding ortho intramolecular Hbond substituents is 1. The second kappa shape index (κ2) is 5.56. The van der Waals surface area contributed by atoms with E-state index >= 15 is 0 Å². The molecule has 1 aromatic carbocycles. The van der Waals surface area contributed by atoms with E-state index in [1.54, 1.807) is 12.1 Å². The lowest BCUT2D eigenvalue weighted by Crippen LogP contribution is -1.99. The van der Waals surface area contributed by atoms with Crippen molar-refractivity contribution in [2.45, 2.75) is 13.5 Å². The normalized spacial score (nSPS) is 10.2.